The van der Waals surface area contributed by atoms with Crippen LogP contribution in [0.3, 0.4) is 0 Å². The molecule has 1 aromatic rings. The zero-order valence-corrected chi connectivity index (χ0v) is 15.6. The molecule has 9 heteroatoms. The van der Waals surface area contributed by atoms with Crippen LogP contribution < -0.4 is 9.80 Å². The van der Waals surface area contributed by atoms with Crippen LogP contribution in [-0.4, -0.2) is 80.0 Å². The van der Waals surface area contributed by atoms with Gasteiger partial charge in [0.05, 0.1) is 11.5 Å². The van der Waals surface area contributed by atoms with Crippen LogP contribution in [0.4, 0.5) is 11.6 Å². The number of amides is 1. The fourth-order valence-corrected chi connectivity index (χ4v) is 5.26. The second-order valence-electron chi connectivity index (χ2n) is 6.60. The van der Waals surface area contributed by atoms with E-state index in [-0.39, 0.29) is 17.5 Å². The number of aryl methyl sites for hydroxylation is 1. The van der Waals surface area contributed by atoms with Gasteiger partial charge in [-0.05, 0) is 20.3 Å². The van der Waals surface area contributed by atoms with Crippen molar-refractivity contribution in [1.82, 2.24) is 14.9 Å². The molecule has 0 aromatic carbocycles. The molecule has 0 radical (unpaired) electrons. The molecule has 2 aliphatic heterocycles. The highest BCUT2D eigenvalue weighted by Crippen LogP contribution is 2.26. The highest BCUT2D eigenvalue weighted by Gasteiger charge is 2.32. The third-order valence-corrected chi connectivity index (χ3v) is 6.63. The van der Waals surface area contributed by atoms with E-state index in [9.17, 15) is 13.2 Å². The Hall–Kier alpha value is -1.90. The van der Waals surface area contributed by atoms with Gasteiger partial charge in [0, 0.05) is 44.8 Å². The van der Waals surface area contributed by atoms with E-state index in [4.69, 9.17) is 0 Å². The first-order chi connectivity index (χ1) is 11.9. The molecular weight excluding hydrogens is 342 g/mol. The van der Waals surface area contributed by atoms with Gasteiger partial charge in [-0.3, -0.25) is 4.79 Å². The maximum atomic E-state index is 11.8. The fourth-order valence-electron chi connectivity index (χ4n) is 3.53. The van der Waals surface area contributed by atoms with Gasteiger partial charge in [0.2, 0.25) is 6.41 Å². The number of aromatic nitrogens is 2. The number of nitrogens with zero attached hydrogens (tertiary/aromatic N) is 5. The van der Waals surface area contributed by atoms with Crippen LogP contribution in [0.5, 0.6) is 0 Å². The first-order valence-corrected chi connectivity index (χ1v) is 10.5. The molecule has 1 atom stereocenters. The summed E-state index contributed by atoms with van der Waals surface area (Å²) in [6.45, 7) is 7.41. The van der Waals surface area contributed by atoms with Gasteiger partial charge in [0.15, 0.2) is 9.84 Å². The predicted molar refractivity (Wildman–Crippen MR) is 96.7 cm³/mol. The molecule has 1 amide bonds. The van der Waals surface area contributed by atoms with Gasteiger partial charge in [0.1, 0.15) is 17.5 Å². The number of piperazine rings is 1. The van der Waals surface area contributed by atoms with Gasteiger partial charge in [-0.1, -0.05) is 0 Å². The summed E-state index contributed by atoms with van der Waals surface area (Å²) >= 11 is 0. The van der Waals surface area contributed by atoms with Crippen molar-refractivity contribution in [3.63, 3.8) is 0 Å². The predicted octanol–water partition coefficient (Wildman–Crippen LogP) is 0.0768. The summed E-state index contributed by atoms with van der Waals surface area (Å²) in [5, 5.41) is 0. The maximum Gasteiger partial charge on any atom is 0.209 e. The van der Waals surface area contributed by atoms with E-state index < -0.39 is 9.84 Å². The van der Waals surface area contributed by atoms with Gasteiger partial charge in [-0.15, -0.1) is 0 Å². The average molecular weight is 367 g/mol. The van der Waals surface area contributed by atoms with E-state index in [0.29, 0.717) is 31.9 Å². The quantitative estimate of drug-likeness (QED) is 0.681. The monoisotopic (exact) mass is 367 g/mol. The lowest BCUT2D eigenvalue weighted by Crippen LogP contribution is -2.46. The Morgan fingerprint density at radius 2 is 2.00 bits per heavy atom. The number of carbonyl (C=O) groups excluding carboxylic acids is 1. The lowest BCUT2D eigenvalue weighted by Gasteiger charge is -2.34. The van der Waals surface area contributed by atoms with Crippen LogP contribution in [0.15, 0.2) is 6.07 Å². The van der Waals surface area contributed by atoms with Crippen molar-refractivity contribution in [2.45, 2.75) is 26.3 Å². The fraction of sp³-hybridized carbons (Fsp3) is 0.688. The van der Waals surface area contributed by atoms with E-state index in [1.807, 2.05) is 19.9 Å². The Balaban J connectivity index is 1.82. The van der Waals surface area contributed by atoms with Gasteiger partial charge in [-0.25, -0.2) is 18.4 Å². The van der Waals surface area contributed by atoms with Crippen LogP contribution in [0, 0.1) is 6.92 Å². The summed E-state index contributed by atoms with van der Waals surface area (Å²) < 4.78 is 23.7. The number of carbonyl (C=O) groups is 1. The Labute approximate surface area is 148 Å². The third-order valence-electron chi connectivity index (χ3n) is 4.88. The highest BCUT2D eigenvalue weighted by atomic mass is 32.2. The number of rotatable bonds is 5. The van der Waals surface area contributed by atoms with Crippen LogP contribution in [-0.2, 0) is 14.6 Å². The number of hydrogen-bond donors (Lipinski definition) is 0. The summed E-state index contributed by atoms with van der Waals surface area (Å²) in [6.07, 6.45) is 1.53. The molecule has 8 nitrogen and oxygen atoms in total. The molecule has 0 spiro atoms. The topological polar surface area (TPSA) is 86.7 Å². The van der Waals surface area contributed by atoms with Gasteiger partial charge >= 0.3 is 0 Å². The lowest BCUT2D eigenvalue weighted by molar-refractivity contribution is -0.118. The lowest BCUT2D eigenvalue weighted by atomic mass is 10.2. The highest BCUT2D eigenvalue weighted by molar-refractivity contribution is 7.91. The molecule has 0 aliphatic carbocycles. The van der Waals surface area contributed by atoms with Crippen LogP contribution in [0.25, 0.3) is 0 Å². The van der Waals surface area contributed by atoms with Crippen LogP contribution in [0.1, 0.15) is 19.2 Å². The number of sulfone groups is 1. The van der Waals surface area contributed by atoms with Gasteiger partial charge < -0.3 is 14.7 Å². The van der Waals surface area contributed by atoms with Crippen molar-refractivity contribution in [3.05, 3.63) is 11.9 Å². The van der Waals surface area contributed by atoms with Crippen molar-refractivity contribution < 1.29 is 13.2 Å². The van der Waals surface area contributed by atoms with E-state index in [1.165, 1.54) is 0 Å². The van der Waals surface area contributed by atoms with E-state index in [1.54, 1.807) is 4.90 Å². The number of anilines is 2. The van der Waals surface area contributed by atoms with Crippen LogP contribution >= 0.6 is 0 Å². The standard InChI is InChI=1S/C16H25N5O3S/c1-3-21(14-4-9-25(23,24)11-14)16-10-15(17-13(2)18-16)20-7-5-19(12-22)6-8-20/h10,12,14H,3-9,11H2,1-2H3. The van der Waals surface area contributed by atoms with E-state index in [0.717, 1.165) is 31.1 Å². The second kappa shape index (κ2) is 7.15. The minimum Gasteiger partial charge on any atom is -0.353 e. The SMILES string of the molecule is CCN(c1cc(N2CCN(C=O)CC2)nc(C)n1)C1CCS(=O)(=O)C1. The molecule has 3 rings (SSSR count). The summed E-state index contributed by atoms with van der Waals surface area (Å²) in [7, 11) is -2.94. The largest absolute Gasteiger partial charge is 0.353 e. The summed E-state index contributed by atoms with van der Waals surface area (Å²) in [5.74, 6) is 2.73. The molecule has 0 N–H and O–H groups in total. The Bertz CT molecular complexity index is 731. The van der Waals surface area contributed by atoms with Crippen molar-refractivity contribution in [2.75, 3.05) is 54.0 Å². The smallest absolute Gasteiger partial charge is 0.209 e. The Kier molecular flexibility index (Phi) is 5.12. The van der Waals surface area contributed by atoms with Crippen molar-refractivity contribution in [2.24, 2.45) is 0 Å². The number of hydrogen-bond acceptors (Lipinski definition) is 7. The molecule has 0 saturated carbocycles. The van der Waals surface area contributed by atoms with E-state index in [2.05, 4.69) is 19.8 Å². The van der Waals surface area contributed by atoms with Crippen molar-refractivity contribution in [3.8, 4) is 0 Å². The van der Waals surface area contributed by atoms with Gasteiger partial charge in [-0.2, -0.15) is 0 Å². The second-order valence-corrected chi connectivity index (χ2v) is 8.83. The molecule has 25 heavy (non-hydrogen) atoms. The minimum atomic E-state index is -2.94. The van der Waals surface area contributed by atoms with Crippen molar-refractivity contribution in [1.29, 1.82) is 0 Å². The zero-order chi connectivity index (χ0) is 18.0. The van der Waals surface area contributed by atoms with E-state index >= 15 is 0 Å². The molecule has 2 aliphatic rings. The molecular formula is C16H25N5O3S. The molecule has 1 aromatic heterocycles. The molecule has 138 valence electrons. The summed E-state index contributed by atoms with van der Waals surface area (Å²) in [6, 6.07) is 1.92. The zero-order valence-electron chi connectivity index (χ0n) is 14.8. The Morgan fingerprint density at radius 1 is 1.28 bits per heavy atom. The summed E-state index contributed by atoms with van der Waals surface area (Å²) in [5.41, 5.74) is 0. The molecule has 0 bridgehead atoms. The first kappa shape index (κ1) is 17.9. The van der Waals surface area contributed by atoms with Crippen molar-refractivity contribution >= 4 is 27.9 Å². The third kappa shape index (κ3) is 4.02. The van der Waals surface area contributed by atoms with Crippen LogP contribution in [0.2, 0.25) is 0 Å². The van der Waals surface area contributed by atoms with Gasteiger partial charge in [0.25, 0.3) is 0 Å². The molecule has 2 fully saturated rings. The normalized spacial score (nSPS) is 22.9. The molecule has 2 saturated heterocycles. The molecule has 1 unspecified atom stereocenters. The maximum absolute atomic E-state index is 11.8. The summed E-state index contributed by atoms with van der Waals surface area (Å²) in [4.78, 5) is 25.9. The minimum absolute atomic E-state index is 0.0240. The Morgan fingerprint density at radius 3 is 2.56 bits per heavy atom. The average Bonchev–Trinajstić information content (AvgIpc) is 2.95. The first-order valence-electron chi connectivity index (χ1n) is 8.69. The molecule has 3 heterocycles.